The number of nitrogens with two attached hydrogens (primary N) is 1. The lowest BCUT2D eigenvalue weighted by molar-refractivity contribution is 0.0971. The summed E-state index contributed by atoms with van der Waals surface area (Å²) >= 11 is 0. The fraction of sp³-hybridized carbons (Fsp3) is 0.647. The third kappa shape index (κ3) is 6.71. The van der Waals surface area contributed by atoms with Gasteiger partial charge in [0.05, 0.1) is 12.3 Å². The van der Waals surface area contributed by atoms with Crippen LogP contribution in [-0.4, -0.2) is 23.4 Å². The molecule has 0 saturated carbocycles. The highest BCUT2D eigenvalue weighted by molar-refractivity contribution is 5.96. The van der Waals surface area contributed by atoms with Crippen molar-refractivity contribution in [1.82, 2.24) is 4.98 Å². The van der Waals surface area contributed by atoms with Gasteiger partial charge in [0.15, 0.2) is 5.78 Å². The fourth-order valence-electron chi connectivity index (χ4n) is 2.46. The van der Waals surface area contributed by atoms with Gasteiger partial charge in [-0.05, 0) is 45.2 Å². The number of carbonyl (C=O) groups is 1. The van der Waals surface area contributed by atoms with Crippen molar-refractivity contribution in [2.75, 3.05) is 6.54 Å². The molecule has 0 saturated heterocycles. The molecule has 1 unspecified atom stereocenters. The summed E-state index contributed by atoms with van der Waals surface area (Å²) in [5, 5.41) is 0. The van der Waals surface area contributed by atoms with Gasteiger partial charge >= 0.3 is 0 Å². The smallest absolute Gasteiger partial charge is 0.164 e. The summed E-state index contributed by atoms with van der Waals surface area (Å²) in [6.45, 7) is 6.77. The molecule has 0 fully saturated rings. The Morgan fingerprint density at radius 2 is 2.05 bits per heavy atom. The molecule has 0 aliphatic carbocycles. The summed E-state index contributed by atoms with van der Waals surface area (Å²) in [4.78, 5) is 16.4. The normalized spacial score (nSPS) is 12.4. The van der Waals surface area contributed by atoms with Crippen molar-refractivity contribution in [1.29, 1.82) is 0 Å². The molecule has 0 spiro atoms. The molecule has 1 atom stereocenters. The van der Waals surface area contributed by atoms with Gasteiger partial charge in [-0.25, -0.2) is 0 Å². The average Bonchev–Trinajstić information content (AvgIpc) is 2.44. The first kappa shape index (κ1) is 17.6. The second-order valence-corrected chi connectivity index (χ2v) is 5.77. The summed E-state index contributed by atoms with van der Waals surface area (Å²) in [6.07, 6.45) is 8.07. The minimum Gasteiger partial charge on any atom is -0.489 e. The van der Waals surface area contributed by atoms with Crippen LogP contribution in [0.2, 0.25) is 0 Å². The Hall–Kier alpha value is -1.42. The maximum absolute atomic E-state index is 12.3. The predicted molar refractivity (Wildman–Crippen MR) is 85.6 cm³/mol. The molecule has 1 rings (SSSR count). The van der Waals surface area contributed by atoms with Gasteiger partial charge in [0.1, 0.15) is 5.75 Å². The van der Waals surface area contributed by atoms with Crippen LogP contribution in [0.5, 0.6) is 5.75 Å². The summed E-state index contributed by atoms with van der Waals surface area (Å²) in [5.41, 5.74) is 6.27. The van der Waals surface area contributed by atoms with E-state index in [1.54, 1.807) is 18.5 Å². The number of ether oxygens (including phenoxy) is 1. The maximum Gasteiger partial charge on any atom is 0.164 e. The largest absolute Gasteiger partial charge is 0.489 e. The second-order valence-electron chi connectivity index (χ2n) is 5.77. The van der Waals surface area contributed by atoms with Gasteiger partial charge in [0, 0.05) is 18.2 Å². The van der Waals surface area contributed by atoms with Gasteiger partial charge in [-0.3, -0.25) is 9.78 Å². The third-order valence-electron chi connectivity index (χ3n) is 3.46. The van der Waals surface area contributed by atoms with E-state index in [1.807, 2.05) is 13.8 Å². The highest BCUT2D eigenvalue weighted by Gasteiger charge is 2.13. The number of carbonyl (C=O) groups excluding carboxylic acids is 1. The van der Waals surface area contributed by atoms with E-state index in [4.69, 9.17) is 10.5 Å². The van der Waals surface area contributed by atoms with Crippen LogP contribution in [0, 0.1) is 5.92 Å². The van der Waals surface area contributed by atoms with Gasteiger partial charge < -0.3 is 10.5 Å². The number of Topliss-reactive ketones (excluding diaryl/α,β-unsaturated/α-hetero) is 1. The lowest BCUT2D eigenvalue weighted by Crippen LogP contribution is -2.11. The van der Waals surface area contributed by atoms with Crippen molar-refractivity contribution >= 4 is 5.78 Å². The standard InChI is InChI=1S/C17H28N2O2/c1-4-5-14(8-9-18)6-7-17(20)15-10-16(12-19-11-15)21-13(2)3/h10-14H,4-9,18H2,1-3H3. The molecule has 2 N–H and O–H groups in total. The van der Waals surface area contributed by atoms with Crippen LogP contribution in [-0.2, 0) is 0 Å². The lowest BCUT2D eigenvalue weighted by Gasteiger charge is -2.14. The minimum atomic E-state index is 0.0793. The van der Waals surface area contributed by atoms with E-state index in [9.17, 15) is 4.79 Å². The van der Waals surface area contributed by atoms with Crippen LogP contribution in [0.1, 0.15) is 63.2 Å². The van der Waals surface area contributed by atoms with Crippen LogP contribution in [0.4, 0.5) is 0 Å². The molecule has 4 nitrogen and oxygen atoms in total. The van der Waals surface area contributed by atoms with Crippen molar-refractivity contribution < 1.29 is 9.53 Å². The average molecular weight is 292 g/mol. The van der Waals surface area contributed by atoms with Crippen LogP contribution in [0.15, 0.2) is 18.5 Å². The van der Waals surface area contributed by atoms with Crippen molar-refractivity contribution in [2.45, 2.75) is 59.0 Å². The van der Waals surface area contributed by atoms with Crippen LogP contribution >= 0.6 is 0 Å². The molecule has 0 bridgehead atoms. The van der Waals surface area contributed by atoms with E-state index in [0.717, 1.165) is 25.7 Å². The molecular weight excluding hydrogens is 264 g/mol. The number of hydrogen-bond donors (Lipinski definition) is 1. The lowest BCUT2D eigenvalue weighted by atomic mass is 9.92. The Labute approximate surface area is 128 Å². The molecular formula is C17H28N2O2. The van der Waals surface area contributed by atoms with E-state index < -0.39 is 0 Å². The molecule has 0 aromatic carbocycles. The van der Waals surface area contributed by atoms with Crippen molar-refractivity contribution in [3.05, 3.63) is 24.0 Å². The monoisotopic (exact) mass is 292 g/mol. The Morgan fingerprint density at radius 3 is 2.67 bits per heavy atom. The van der Waals surface area contributed by atoms with Gasteiger partial charge in [-0.2, -0.15) is 0 Å². The van der Waals surface area contributed by atoms with Crippen molar-refractivity contribution in [3.8, 4) is 5.75 Å². The Balaban J connectivity index is 2.58. The fourth-order valence-corrected chi connectivity index (χ4v) is 2.46. The zero-order valence-corrected chi connectivity index (χ0v) is 13.5. The summed E-state index contributed by atoms with van der Waals surface area (Å²) in [7, 11) is 0. The number of rotatable bonds is 10. The molecule has 118 valence electrons. The molecule has 21 heavy (non-hydrogen) atoms. The topological polar surface area (TPSA) is 65.2 Å². The van der Waals surface area contributed by atoms with Crippen LogP contribution in [0.25, 0.3) is 0 Å². The summed E-state index contributed by atoms with van der Waals surface area (Å²) in [6, 6.07) is 1.78. The van der Waals surface area contributed by atoms with Crippen molar-refractivity contribution in [3.63, 3.8) is 0 Å². The number of nitrogens with zero attached hydrogens (tertiary/aromatic N) is 1. The van der Waals surface area contributed by atoms with E-state index >= 15 is 0 Å². The molecule has 0 amide bonds. The quantitative estimate of drug-likeness (QED) is 0.669. The predicted octanol–water partition coefficient (Wildman–Crippen LogP) is 3.60. The number of ketones is 1. The van der Waals surface area contributed by atoms with E-state index in [1.165, 1.54) is 0 Å². The van der Waals surface area contributed by atoms with E-state index in [0.29, 0.717) is 30.2 Å². The highest BCUT2D eigenvalue weighted by Crippen LogP contribution is 2.20. The summed E-state index contributed by atoms with van der Waals surface area (Å²) in [5.74, 6) is 1.34. The first-order chi connectivity index (χ1) is 10.1. The Bertz CT molecular complexity index is 427. The molecule has 0 aliphatic heterocycles. The van der Waals surface area contributed by atoms with E-state index in [2.05, 4.69) is 11.9 Å². The Kier molecular flexibility index (Phi) is 7.98. The zero-order valence-electron chi connectivity index (χ0n) is 13.5. The molecule has 1 aromatic heterocycles. The van der Waals surface area contributed by atoms with Crippen LogP contribution in [0.3, 0.4) is 0 Å². The second kappa shape index (κ2) is 9.50. The minimum absolute atomic E-state index is 0.0793. The van der Waals surface area contributed by atoms with Crippen molar-refractivity contribution in [2.24, 2.45) is 11.7 Å². The highest BCUT2D eigenvalue weighted by atomic mass is 16.5. The molecule has 0 aliphatic rings. The first-order valence-corrected chi connectivity index (χ1v) is 7.91. The third-order valence-corrected chi connectivity index (χ3v) is 3.46. The number of pyridine rings is 1. The SMILES string of the molecule is CCCC(CCN)CCC(=O)c1cncc(OC(C)C)c1. The number of aromatic nitrogens is 1. The van der Waals surface area contributed by atoms with Gasteiger partial charge in [-0.1, -0.05) is 19.8 Å². The maximum atomic E-state index is 12.3. The Morgan fingerprint density at radius 1 is 1.29 bits per heavy atom. The van der Waals surface area contributed by atoms with Crippen LogP contribution < -0.4 is 10.5 Å². The molecule has 1 heterocycles. The molecule has 0 radical (unpaired) electrons. The zero-order chi connectivity index (χ0) is 15.7. The molecule has 4 heteroatoms. The first-order valence-electron chi connectivity index (χ1n) is 7.91. The summed E-state index contributed by atoms with van der Waals surface area (Å²) < 4.78 is 5.58. The number of hydrogen-bond acceptors (Lipinski definition) is 4. The van der Waals surface area contributed by atoms with Gasteiger partial charge in [0.2, 0.25) is 0 Å². The van der Waals surface area contributed by atoms with Gasteiger partial charge in [0.25, 0.3) is 0 Å². The van der Waals surface area contributed by atoms with E-state index in [-0.39, 0.29) is 11.9 Å². The molecule has 1 aromatic rings. The van der Waals surface area contributed by atoms with Gasteiger partial charge in [-0.15, -0.1) is 0 Å².